The molecule has 0 spiro atoms. The van der Waals surface area contributed by atoms with Crippen molar-refractivity contribution in [1.82, 2.24) is 0 Å². The minimum Gasteiger partial charge on any atom is -0.459 e. The zero-order valence-electron chi connectivity index (χ0n) is 23.3. The molecule has 0 amide bonds. The van der Waals surface area contributed by atoms with E-state index in [-0.39, 0.29) is 6.92 Å². The van der Waals surface area contributed by atoms with Gasteiger partial charge in [-0.25, -0.2) is 0 Å². The molecule has 0 radical (unpaired) electrons. The van der Waals surface area contributed by atoms with Crippen LogP contribution >= 0.6 is 0 Å². The van der Waals surface area contributed by atoms with Crippen LogP contribution in [0, 0.1) is 62.3 Å². The van der Waals surface area contributed by atoms with Crippen LogP contribution in [0.3, 0.4) is 0 Å². The SMILES string of the molecule is Cc1cc(C)c(B2O[Si](c3c(C)cc(C)cc3C)(c3c(C)cc(C)cc3C)c3ccccc32)c(C)c1. The van der Waals surface area contributed by atoms with Gasteiger partial charge in [0.15, 0.2) is 0 Å². The van der Waals surface area contributed by atoms with Gasteiger partial charge in [-0.05, 0) is 111 Å². The lowest BCUT2D eigenvalue weighted by Crippen LogP contribution is -2.70. The molecule has 4 aromatic carbocycles. The molecule has 4 aromatic rings. The highest BCUT2D eigenvalue weighted by molar-refractivity contribution is 7.17. The van der Waals surface area contributed by atoms with Crippen LogP contribution < -0.4 is 26.5 Å². The van der Waals surface area contributed by atoms with E-state index in [0.717, 1.165) is 0 Å². The van der Waals surface area contributed by atoms with Gasteiger partial charge in [-0.2, -0.15) is 0 Å². The summed E-state index contributed by atoms with van der Waals surface area (Å²) in [5.41, 5.74) is 14.6. The lowest BCUT2D eigenvalue weighted by Gasteiger charge is -2.35. The first-order valence-corrected chi connectivity index (χ1v) is 15.0. The van der Waals surface area contributed by atoms with Crippen molar-refractivity contribution in [3.8, 4) is 0 Å². The van der Waals surface area contributed by atoms with Crippen LogP contribution in [-0.4, -0.2) is 15.2 Å². The third-order valence-corrected chi connectivity index (χ3v) is 12.8. The molecule has 0 aromatic heterocycles. The van der Waals surface area contributed by atoms with E-state index in [2.05, 4.69) is 123 Å². The van der Waals surface area contributed by atoms with Crippen molar-refractivity contribution in [2.75, 3.05) is 0 Å². The standard InChI is InChI=1S/C33H37BOSi/c1-20-14-23(4)31(24(5)15-20)34-29-12-10-11-13-30(29)36(35-34,32-25(6)16-21(2)17-26(32)7)33-27(8)18-22(3)19-28(33)9/h10-19H,1-9H3. The van der Waals surface area contributed by atoms with Gasteiger partial charge in [0, 0.05) is 0 Å². The molecule has 0 N–H and O–H groups in total. The number of aryl methyl sites for hydroxylation is 9. The zero-order valence-corrected chi connectivity index (χ0v) is 24.3. The first-order chi connectivity index (χ1) is 17.0. The molecule has 0 bridgehead atoms. The maximum Gasteiger partial charge on any atom is 0.352 e. The van der Waals surface area contributed by atoms with Crippen molar-refractivity contribution in [1.29, 1.82) is 0 Å². The molecule has 0 unspecified atom stereocenters. The largest absolute Gasteiger partial charge is 0.459 e. The Bertz CT molecular complexity index is 1390. The van der Waals surface area contributed by atoms with Crippen LogP contribution in [0.25, 0.3) is 0 Å². The summed E-state index contributed by atoms with van der Waals surface area (Å²) in [5, 5.41) is 4.24. The summed E-state index contributed by atoms with van der Waals surface area (Å²) in [5.74, 6) is 0. The molecule has 1 aliphatic heterocycles. The fraction of sp³-hybridized carbons (Fsp3) is 0.273. The molecule has 1 nitrogen and oxygen atoms in total. The topological polar surface area (TPSA) is 9.23 Å². The Hall–Kier alpha value is -2.88. The molecule has 3 heteroatoms. The van der Waals surface area contributed by atoms with Gasteiger partial charge in [-0.3, -0.25) is 0 Å². The molecule has 0 saturated heterocycles. The summed E-state index contributed by atoms with van der Waals surface area (Å²) >= 11 is 0. The van der Waals surface area contributed by atoms with Gasteiger partial charge in [0.25, 0.3) is 8.32 Å². The highest BCUT2D eigenvalue weighted by atomic mass is 28.4. The van der Waals surface area contributed by atoms with Gasteiger partial charge in [0.1, 0.15) is 0 Å². The van der Waals surface area contributed by atoms with Crippen molar-refractivity contribution in [3.05, 3.63) is 111 Å². The molecule has 182 valence electrons. The number of hydrogen-bond acceptors (Lipinski definition) is 1. The van der Waals surface area contributed by atoms with E-state index >= 15 is 0 Å². The van der Waals surface area contributed by atoms with E-state index in [1.165, 1.54) is 76.6 Å². The fourth-order valence-corrected chi connectivity index (χ4v) is 12.4. The van der Waals surface area contributed by atoms with Crippen molar-refractivity contribution < 1.29 is 4.34 Å². The average Bonchev–Trinajstić information content (AvgIpc) is 3.07. The molecular formula is C33H37BOSi. The first-order valence-electron chi connectivity index (χ1n) is 13.1. The summed E-state index contributed by atoms with van der Waals surface area (Å²) in [6, 6.07) is 23.1. The monoisotopic (exact) mass is 488 g/mol. The van der Waals surface area contributed by atoms with Crippen LogP contribution in [0.2, 0.25) is 0 Å². The first kappa shape index (κ1) is 24.8. The number of rotatable bonds is 3. The number of benzene rings is 4. The molecule has 0 atom stereocenters. The molecule has 1 heterocycles. The fourth-order valence-electron chi connectivity index (χ4n) is 7.15. The molecular weight excluding hydrogens is 451 g/mol. The van der Waals surface area contributed by atoms with E-state index in [9.17, 15) is 0 Å². The van der Waals surface area contributed by atoms with Crippen LogP contribution in [-0.2, 0) is 4.34 Å². The minimum absolute atomic E-state index is 0.0753. The third-order valence-electron chi connectivity index (χ3n) is 7.98. The summed E-state index contributed by atoms with van der Waals surface area (Å²) in [7, 11) is -2.83. The second kappa shape index (κ2) is 8.90. The number of hydrogen-bond donors (Lipinski definition) is 0. The van der Waals surface area contributed by atoms with Crippen molar-refractivity contribution in [3.63, 3.8) is 0 Å². The predicted molar refractivity (Wildman–Crippen MR) is 159 cm³/mol. The van der Waals surface area contributed by atoms with Crippen molar-refractivity contribution in [2.24, 2.45) is 0 Å². The summed E-state index contributed by atoms with van der Waals surface area (Å²) in [4.78, 5) is 0. The molecule has 5 rings (SSSR count). The lowest BCUT2D eigenvalue weighted by molar-refractivity contribution is 0.624. The second-order valence-corrected chi connectivity index (χ2v) is 14.3. The van der Waals surface area contributed by atoms with E-state index in [0.29, 0.717) is 0 Å². The van der Waals surface area contributed by atoms with E-state index < -0.39 is 8.32 Å². The molecule has 0 saturated carbocycles. The Morgan fingerprint density at radius 1 is 0.528 bits per heavy atom. The van der Waals surface area contributed by atoms with Crippen LogP contribution in [0.15, 0.2) is 60.7 Å². The van der Waals surface area contributed by atoms with Crippen LogP contribution in [0.4, 0.5) is 0 Å². The Morgan fingerprint density at radius 3 is 1.36 bits per heavy atom. The second-order valence-electron chi connectivity index (χ2n) is 11.1. The quantitative estimate of drug-likeness (QED) is 0.384. The van der Waals surface area contributed by atoms with Gasteiger partial charge < -0.3 is 4.34 Å². The summed E-state index contributed by atoms with van der Waals surface area (Å²) < 4.78 is 7.72. The minimum atomic E-state index is -2.83. The van der Waals surface area contributed by atoms with E-state index in [1.54, 1.807) is 0 Å². The maximum absolute atomic E-state index is 7.72. The van der Waals surface area contributed by atoms with Gasteiger partial charge in [0.2, 0.25) is 0 Å². The van der Waals surface area contributed by atoms with Gasteiger partial charge in [-0.1, -0.05) is 88.5 Å². The summed E-state index contributed by atoms with van der Waals surface area (Å²) in [6.45, 7) is 20.1. The molecule has 0 fully saturated rings. The Morgan fingerprint density at radius 2 is 0.917 bits per heavy atom. The van der Waals surface area contributed by atoms with Crippen molar-refractivity contribution in [2.45, 2.75) is 62.3 Å². The van der Waals surface area contributed by atoms with E-state index in [4.69, 9.17) is 4.34 Å². The van der Waals surface area contributed by atoms with E-state index in [1.807, 2.05) is 0 Å². The Labute approximate surface area is 218 Å². The van der Waals surface area contributed by atoms with Crippen LogP contribution in [0.5, 0.6) is 0 Å². The Balaban J connectivity index is 1.93. The molecule has 0 aliphatic carbocycles. The third kappa shape index (κ3) is 3.72. The number of fused-ring (bicyclic) bond motifs is 1. The lowest BCUT2D eigenvalue weighted by atomic mass is 9.53. The van der Waals surface area contributed by atoms with Gasteiger partial charge in [-0.15, -0.1) is 0 Å². The highest BCUT2D eigenvalue weighted by Crippen LogP contribution is 2.24. The zero-order chi connectivity index (χ0) is 25.9. The Kier molecular flexibility index (Phi) is 6.13. The molecule has 1 aliphatic rings. The van der Waals surface area contributed by atoms with Gasteiger partial charge in [0.05, 0.1) is 0 Å². The smallest absolute Gasteiger partial charge is 0.352 e. The van der Waals surface area contributed by atoms with Crippen molar-refractivity contribution >= 4 is 41.7 Å². The normalized spacial score (nSPS) is 14.3. The van der Waals surface area contributed by atoms with Gasteiger partial charge >= 0.3 is 6.92 Å². The maximum atomic E-state index is 7.72. The van der Waals surface area contributed by atoms with Crippen LogP contribution in [0.1, 0.15) is 50.1 Å². The average molecular weight is 489 g/mol. The summed E-state index contributed by atoms with van der Waals surface area (Å²) in [6.07, 6.45) is 0. The highest BCUT2D eigenvalue weighted by Gasteiger charge is 2.55. The predicted octanol–water partition coefficient (Wildman–Crippen LogP) is 4.57. The molecule has 36 heavy (non-hydrogen) atoms.